The summed E-state index contributed by atoms with van der Waals surface area (Å²) in [4.78, 5) is 2.41. The zero-order chi connectivity index (χ0) is 30.5. The predicted octanol–water partition coefficient (Wildman–Crippen LogP) is 12.8. The molecule has 8 aromatic rings. The lowest BCUT2D eigenvalue weighted by molar-refractivity contribution is 0.669. The van der Waals surface area contributed by atoms with Crippen LogP contribution in [0.5, 0.6) is 0 Å². The fraction of sp³-hybridized carbons (Fsp3) is 0.0455. The number of hydrogen-bond donors (Lipinski definition) is 0. The van der Waals surface area contributed by atoms with E-state index in [0.717, 1.165) is 63.0 Å². The van der Waals surface area contributed by atoms with Crippen LogP contribution in [-0.4, -0.2) is 0 Å². The summed E-state index contributed by atoms with van der Waals surface area (Å²) in [6.45, 7) is 0. The van der Waals surface area contributed by atoms with Gasteiger partial charge >= 0.3 is 0 Å². The van der Waals surface area contributed by atoms with Crippen molar-refractivity contribution in [2.75, 3.05) is 4.90 Å². The fourth-order valence-corrected chi connectivity index (χ4v) is 6.97. The number of hydrogen-bond acceptors (Lipinski definition) is 2. The molecule has 0 saturated carbocycles. The third-order valence-electron chi connectivity index (χ3n) is 9.27. The molecule has 218 valence electrons. The molecule has 0 aliphatic heterocycles. The lowest BCUT2D eigenvalue weighted by atomic mass is 9.96. The molecule has 0 amide bonds. The Labute approximate surface area is 268 Å². The molecule has 1 heterocycles. The molecule has 0 N–H and O–H groups in total. The van der Waals surface area contributed by atoms with Gasteiger partial charge in [-0.2, -0.15) is 0 Å². The van der Waals surface area contributed by atoms with E-state index in [4.69, 9.17) is 4.42 Å². The number of anilines is 3. The highest BCUT2D eigenvalue weighted by molar-refractivity contribution is 6.11. The number of nitrogens with zero attached hydrogens (tertiary/aromatic N) is 1. The molecular formula is C44H31NO. The highest BCUT2D eigenvalue weighted by Crippen LogP contribution is 2.44. The van der Waals surface area contributed by atoms with Gasteiger partial charge in [0, 0.05) is 27.7 Å². The molecule has 0 fully saturated rings. The van der Waals surface area contributed by atoms with Crippen molar-refractivity contribution >= 4 is 66.1 Å². The minimum atomic E-state index is 0.903. The SMILES string of the molecule is C1=CCCC(c2cccc(N(c3ccc4ccccc4c3)c3ccccc3-c3ccc4oc5cc6ccccc6cc5c4c3)c2)=C1. The Hall–Kier alpha value is -5.86. The zero-order valence-corrected chi connectivity index (χ0v) is 25.4. The van der Waals surface area contributed by atoms with Gasteiger partial charge in [-0.05, 0) is 106 Å². The molecule has 7 aromatic carbocycles. The predicted molar refractivity (Wildman–Crippen MR) is 195 cm³/mol. The Morgan fingerprint density at radius 2 is 1.24 bits per heavy atom. The molecular weight excluding hydrogens is 558 g/mol. The van der Waals surface area contributed by atoms with E-state index >= 15 is 0 Å². The molecule has 2 heteroatoms. The Morgan fingerprint density at radius 1 is 0.500 bits per heavy atom. The zero-order valence-electron chi connectivity index (χ0n) is 25.4. The van der Waals surface area contributed by atoms with E-state index in [0.29, 0.717) is 0 Å². The molecule has 46 heavy (non-hydrogen) atoms. The van der Waals surface area contributed by atoms with Crippen molar-refractivity contribution in [2.24, 2.45) is 0 Å². The first-order valence-electron chi connectivity index (χ1n) is 16.0. The Bertz CT molecular complexity index is 2490. The Balaban J connectivity index is 1.24. The monoisotopic (exact) mass is 589 g/mol. The van der Waals surface area contributed by atoms with E-state index in [1.165, 1.54) is 32.7 Å². The molecule has 1 aliphatic rings. The molecule has 0 atom stereocenters. The third kappa shape index (κ3) is 4.58. The maximum atomic E-state index is 6.36. The number of rotatable bonds is 5. The molecule has 0 bridgehead atoms. The summed E-state index contributed by atoms with van der Waals surface area (Å²) < 4.78 is 6.36. The average Bonchev–Trinajstić information content (AvgIpc) is 3.48. The van der Waals surface area contributed by atoms with Crippen molar-refractivity contribution in [2.45, 2.75) is 12.8 Å². The van der Waals surface area contributed by atoms with Gasteiger partial charge < -0.3 is 9.32 Å². The molecule has 1 aromatic heterocycles. The number of benzene rings is 7. The van der Waals surface area contributed by atoms with Gasteiger partial charge in [0.1, 0.15) is 11.2 Å². The molecule has 2 nitrogen and oxygen atoms in total. The van der Waals surface area contributed by atoms with Gasteiger partial charge in [-0.25, -0.2) is 0 Å². The van der Waals surface area contributed by atoms with Crippen molar-refractivity contribution in [3.8, 4) is 11.1 Å². The summed E-state index contributed by atoms with van der Waals surface area (Å²) in [7, 11) is 0. The maximum Gasteiger partial charge on any atom is 0.136 e. The fourth-order valence-electron chi connectivity index (χ4n) is 6.97. The van der Waals surface area contributed by atoms with Crippen LogP contribution in [0.2, 0.25) is 0 Å². The molecule has 0 radical (unpaired) electrons. The third-order valence-corrected chi connectivity index (χ3v) is 9.27. The summed E-state index contributed by atoms with van der Waals surface area (Å²) in [6, 6.07) is 52.6. The van der Waals surface area contributed by atoms with Gasteiger partial charge in [0.2, 0.25) is 0 Å². The van der Waals surface area contributed by atoms with E-state index < -0.39 is 0 Å². The maximum absolute atomic E-state index is 6.36. The first-order chi connectivity index (χ1) is 22.8. The lowest BCUT2D eigenvalue weighted by Gasteiger charge is -2.29. The lowest BCUT2D eigenvalue weighted by Crippen LogP contribution is -2.11. The van der Waals surface area contributed by atoms with Crippen molar-refractivity contribution < 1.29 is 4.42 Å². The second-order valence-corrected chi connectivity index (χ2v) is 12.1. The number of fused-ring (bicyclic) bond motifs is 5. The van der Waals surface area contributed by atoms with E-state index in [1.54, 1.807) is 0 Å². The summed E-state index contributed by atoms with van der Waals surface area (Å²) in [5.41, 5.74) is 10.2. The van der Waals surface area contributed by atoms with Gasteiger partial charge in [-0.3, -0.25) is 0 Å². The van der Waals surface area contributed by atoms with Crippen LogP contribution in [0.1, 0.15) is 18.4 Å². The van der Waals surface area contributed by atoms with Gasteiger partial charge in [-0.15, -0.1) is 0 Å². The highest BCUT2D eigenvalue weighted by atomic mass is 16.3. The van der Waals surface area contributed by atoms with Crippen molar-refractivity contribution in [1.82, 2.24) is 0 Å². The molecule has 0 saturated heterocycles. The van der Waals surface area contributed by atoms with Crippen molar-refractivity contribution in [3.63, 3.8) is 0 Å². The number of para-hydroxylation sites is 1. The van der Waals surface area contributed by atoms with E-state index in [2.05, 4.69) is 169 Å². The van der Waals surface area contributed by atoms with E-state index in [-0.39, 0.29) is 0 Å². The van der Waals surface area contributed by atoms with Crippen LogP contribution >= 0.6 is 0 Å². The summed E-state index contributed by atoms with van der Waals surface area (Å²) in [5, 5.41) is 7.13. The van der Waals surface area contributed by atoms with Crippen LogP contribution in [0.3, 0.4) is 0 Å². The second kappa shape index (κ2) is 10.9. The van der Waals surface area contributed by atoms with E-state index in [9.17, 15) is 0 Å². The number of allylic oxidation sites excluding steroid dienone is 4. The quantitative estimate of drug-likeness (QED) is 0.199. The number of furan rings is 1. The van der Waals surface area contributed by atoms with E-state index in [1.807, 2.05) is 0 Å². The van der Waals surface area contributed by atoms with Gasteiger partial charge in [-0.1, -0.05) is 109 Å². The normalized spacial score (nSPS) is 13.1. The average molecular weight is 590 g/mol. The molecule has 0 unspecified atom stereocenters. The minimum Gasteiger partial charge on any atom is -0.456 e. The van der Waals surface area contributed by atoms with Gasteiger partial charge in [0.25, 0.3) is 0 Å². The van der Waals surface area contributed by atoms with Crippen LogP contribution in [0.4, 0.5) is 17.1 Å². The minimum absolute atomic E-state index is 0.903. The van der Waals surface area contributed by atoms with Crippen molar-refractivity contribution in [3.05, 3.63) is 169 Å². The summed E-state index contributed by atoms with van der Waals surface area (Å²) >= 11 is 0. The molecule has 1 aliphatic carbocycles. The largest absolute Gasteiger partial charge is 0.456 e. The first kappa shape index (κ1) is 26.5. The van der Waals surface area contributed by atoms with Gasteiger partial charge in [0.05, 0.1) is 5.69 Å². The Morgan fingerprint density at radius 3 is 2.09 bits per heavy atom. The van der Waals surface area contributed by atoms with Crippen LogP contribution in [-0.2, 0) is 0 Å². The molecule has 9 rings (SSSR count). The van der Waals surface area contributed by atoms with Crippen LogP contribution in [0.15, 0.2) is 168 Å². The topological polar surface area (TPSA) is 16.4 Å². The van der Waals surface area contributed by atoms with Crippen LogP contribution in [0, 0.1) is 0 Å². The Kier molecular flexibility index (Phi) is 6.31. The second-order valence-electron chi connectivity index (χ2n) is 12.1. The summed E-state index contributed by atoms with van der Waals surface area (Å²) in [6.07, 6.45) is 8.81. The smallest absolute Gasteiger partial charge is 0.136 e. The van der Waals surface area contributed by atoms with Crippen LogP contribution < -0.4 is 4.90 Å². The first-order valence-corrected chi connectivity index (χ1v) is 16.0. The standard InChI is InChI=1S/C44H31NO/c1-2-11-30(12-3-1)33-17-10-18-37(25-33)45(38-23-21-31-13-4-5-14-32(31)26-38)42-20-9-8-19-39(42)36-22-24-43-40(28-36)41-27-34-15-6-7-16-35(34)29-44(41)46-43/h1-2,4-11,13-29H,3,12H2. The van der Waals surface area contributed by atoms with Crippen molar-refractivity contribution in [1.29, 1.82) is 0 Å². The summed E-state index contributed by atoms with van der Waals surface area (Å²) in [5.74, 6) is 0. The molecule has 0 spiro atoms. The van der Waals surface area contributed by atoms with Gasteiger partial charge in [0.15, 0.2) is 0 Å². The van der Waals surface area contributed by atoms with Crippen LogP contribution in [0.25, 0.3) is 60.2 Å². The highest BCUT2D eigenvalue weighted by Gasteiger charge is 2.19.